The normalized spacial score (nSPS) is 27.4. The van der Waals surface area contributed by atoms with E-state index in [1.807, 2.05) is 12.1 Å². The third-order valence-electron chi connectivity index (χ3n) is 4.03. The van der Waals surface area contributed by atoms with E-state index in [9.17, 15) is 4.79 Å². The van der Waals surface area contributed by atoms with E-state index in [1.54, 1.807) is 7.11 Å². The van der Waals surface area contributed by atoms with Crippen molar-refractivity contribution in [1.29, 1.82) is 0 Å². The van der Waals surface area contributed by atoms with Gasteiger partial charge in [0, 0.05) is 11.5 Å². The van der Waals surface area contributed by atoms with Crippen molar-refractivity contribution in [2.75, 3.05) is 7.11 Å². The van der Waals surface area contributed by atoms with Crippen LogP contribution in [0.25, 0.3) is 0 Å². The molecule has 0 heterocycles. The van der Waals surface area contributed by atoms with Crippen molar-refractivity contribution in [3.05, 3.63) is 29.3 Å². The second-order valence-corrected chi connectivity index (χ2v) is 4.81. The van der Waals surface area contributed by atoms with Gasteiger partial charge in [0.2, 0.25) is 0 Å². The minimum atomic E-state index is 0.260. The fraction of sp³-hybridized carbons (Fsp3) is 0.500. The Bertz CT molecular complexity index is 436. The number of hydrogen-bond donors (Lipinski definition) is 0. The van der Waals surface area contributed by atoms with Crippen LogP contribution in [0.15, 0.2) is 18.2 Å². The van der Waals surface area contributed by atoms with E-state index in [1.165, 1.54) is 24.8 Å². The number of hydrogen-bond acceptors (Lipinski definition) is 2. The van der Waals surface area contributed by atoms with Crippen molar-refractivity contribution in [2.45, 2.75) is 31.6 Å². The first-order valence-corrected chi connectivity index (χ1v) is 6.03. The van der Waals surface area contributed by atoms with Gasteiger partial charge in [0.15, 0.2) is 5.78 Å². The molecule has 2 nitrogen and oxygen atoms in total. The molecule has 1 saturated carbocycles. The lowest BCUT2D eigenvalue weighted by molar-refractivity contribution is 0.0897. The molecule has 0 radical (unpaired) electrons. The van der Waals surface area contributed by atoms with Crippen LogP contribution in [0.5, 0.6) is 5.75 Å². The average molecular weight is 216 g/mol. The molecule has 2 aliphatic rings. The molecule has 0 unspecified atom stereocenters. The third-order valence-corrected chi connectivity index (χ3v) is 4.03. The smallest absolute Gasteiger partial charge is 0.166 e. The van der Waals surface area contributed by atoms with Gasteiger partial charge < -0.3 is 4.74 Å². The quantitative estimate of drug-likeness (QED) is 0.720. The largest absolute Gasteiger partial charge is 0.497 e. The Balaban J connectivity index is 2.06. The Morgan fingerprint density at radius 2 is 1.94 bits per heavy atom. The minimum absolute atomic E-state index is 0.260. The summed E-state index contributed by atoms with van der Waals surface area (Å²) >= 11 is 0. The molecule has 1 fully saturated rings. The Morgan fingerprint density at radius 1 is 1.19 bits per heavy atom. The molecule has 0 spiro atoms. The van der Waals surface area contributed by atoms with Gasteiger partial charge in [0.25, 0.3) is 0 Å². The number of fused-ring (bicyclic) bond motifs is 3. The number of methoxy groups -OCH3 is 1. The topological polar surface area (TPSA) is 26.3 Å². The van der Waals surface area contributed by atoms with Gasteiger partial charge in [-0.15, -0.1) is 0 Å². The number of carbonyl (C=O) groups excluding carboxylic acids is 1. The monoisotopic (exact) mass is 216 g/mol. The summed E-state index contributed by atoms with van der Waals surface area (Å²) in [6, 6.07) is 5.97. The maximum Gasteiger partial charge on any atom is 0.166 e. The van der Waals surface area contributed by atoms with Crippen molar-refractivity contribution < 1.29 is 9.53 Å². The van der Waals surface area contributed by atoms with E-state index in [0.29, 0.717) is 11.7 Å². The summed E-state index contributed by atoms with van der Waals surface area (Å²) < 4.78 is 5.19. The van der Waals surface area contributed by atoms with Gasteiger partial charge in [-0.25, -0.2) is 0 Å². The summed E-state index contributed by atoms with van der Waals surface area (Å²) in [5, 5.41) is 0. The molecule has 0 bridgehead atoms. The molecule has 0 amide bonds. The Labute approximate surface area is 95.6 Å². The zero-order valence-corrected chi connectivity index (χ0v) is 9.53. The third kappa shape index (κ3) is 1.29. The molecular formula is C14H16O2. The van der Waals surface area contributed by atoms with Gasteiger partial charge >= 0.3 is 0 Å². The van der Waals surface area contributed by atoms with Gasteiger partial charge in [-0.1, -0.05) is 18.9 Å². The second kappa shape index (κ2) is 3.62. The summed E-state index contributed by atoms with van der Waals surface area (Å²) in [7, 11) is 1.65. The number of carbonyl (C=O) groups is 1. The number of rotatable bonds is 1. The first kappa shape index (κ1) is 9.88. The maximum atomic E-state index is 12.2. The fourth-order valence-corrected chi connectivity index (χ4v) is 3.22. The highest BCUT2D eigenvalue weighted by molar-refractivity contribution is 6.03. The zero-order valence-electron chi connectivity index (χ0n) is 9.53. The minimum Gasteiger partial charge on any atom is -0.497 e. The van der Waals surface area contributed by atoms with Gasteiger partial charge in [0.05, 0.1) is 7.11 Å². The molecule has 0 aliphatic heterocycles. The van der Waals surface area contributed by atoms with Crippen LogP contribution in [0.3, 0.4) is 0 Å². The van der Waals surface area contributed by atoms with Crippen molar-refractivity contribution in [1.82, 2.24) is 0 Å². The lowest BCUT2D eigenvalue weighted by Gasteiger charge is -2.24. The highest BCUT2D eigenvalue weighted by Gasteiger charge is 2.40. The van der Waals surface area contributed by atoms with Crippen LogP contribution >= 0.6 is 0 Å². The van der Waals surface area contributed by atoms with Crippen LogP contribution in [0.1, 0.15) is 47.5 Å². The van der Waals surface area contributed by atoms with E-state index in [2.05, 4.69) is 6.07 Å². The molecule has 0 N–H and O–H groups in total. The number of benzene rings is 1. The summed E-state index contributed by atoms with van der Waals surface area (Å²) in [4.78, 5) is 12.2. The lowest BCUT2D eigenvalue weighted by Crippen LogP contribution is -2.17. The Hall–Kier alpha value is -1.31. The molecule has 3 rings (SSSR count). The molecule has 84 valence electrons. The van der Waals surface area contributed by atoms with Gasteiger partial charge in [-0.2, -0.15) is 0 Å². The van der Waals surface area contributed by atoms with Gasteiger partial charge in [-0.3, -0.25) is 4.79 Å². The van der Waals surface area contributed by atoms with E-state index in [0.717, 1.165) is 17.7 Å². The van der Waals surface area contributed by atoms with Crippen molar-refractivity contribution >= 4 is 5.78 Å². The molecule has 0 aromatic heterocycles. The van der Waals surface area contributed by atoms with Crippen LogP contribution in [-0.2, 0) is 0 Å². The number of Topliss-reactive ketones (excluding diaryl/α,β-unsaturated/α-hetero) is 1. The standard InChI is InChI=1S/C14H16O2/c1-16-9-6-7-11-10-4-2-3-5-12(10)14(15)13(11)8-9/h6-8,10,12H,2-5H2,1H3/t10-,12-/m1/s1. The summed E-state index contributed by atoms with van der Waals surface area (Å²) in [5.74, 6) is 1.89. The number of ketones is 1. The highest BCUT2D eigenvalue weighted by atomic mass is 16.5. The fourth-order valence-electron chi connectivity index (χ4n) is 3.22. The Morgan fingerprint density at radius 3 is 2.69 bits per heavy atom. The maximum absolute atomic E-state index is 12.2. The van der Waals surface area contributed by atoms with Crippen molar-refractivity contribution in [3.63, 3.8) is 0 Å². The first-order valence-electron chi connectivity index (χ1n) is 6.03. The first-order chi connectivity index (χ1) is 7.81. The SMILES string of the molecule is COc1ccc2c(c1)C(=O)[C@@H]1CCCC[C@H]21. The van der Waals surface area contributed by atoms with Crippen molar-refractivity contribution in [2.24, 2.45) is 5.92 Å². The van der Waals surface area contributed by atoms with Crippen LogP contribution < -0.4 is 4.74 Å². The van der Waals surface area contributed by atoms with Crippen molar-refractivity contribution in [3.8, 4) is 5.75 Å². The number of ether oxygens (including phenoxy) is 1. The van der Waals surface area contributed by atoms with E-state index >= 15 is 0 Å². The van der Waals surface area contributed by atoms with E-state index < -0.39 is 0 Å². The summed E-state index contributed by atoms with van der Waals surface area (Å²) in [6.07, 6.45) is 4.72. The molecule has 2 aliphatic carbocycles. The van der Waals surface area contributed by atoms with Crippen LogP contribution in [0.2, 0.25) is 0 Å². The molecule has 2 atom stereocenters. The molecule has 0 saturated heterocycles. The zero-order chi connectivity index (χ0) is 11.1. The second-order valence-electron chi connectivity index (χ2n) is 4.81. The van der Waals surface area contributed by atoms with E-state index in [-0.39, 0.29) is 5.92 Å². The Kier molecular flexibility index (Phi) is 2.23. The summed E-state index contributed by atoms with van der Waals surface area (Å²) in [5.41, 5.74) is 2.17. The van der Waals surface area contributed by atoms with Crippen LogP contribution in [0.4, 0.5) is 0 Å². The predicted molar refractivity (Wildman–Crippen MR) is 62.0 cm³/mol. The average Bonchev–Trinajstić information content (AvgIpc) is 2.64. The van der Waals surface area contributed by atoms with Crippen LogP contribution in [-0.4, -0.2) is 12.9 Å². The van der Waals surface area contributed by atoms with E-state index in [4.69, 9.17) is 4.74 Å². The molecule has 1 aromatic carbocycles. The molecule has 16 heavy (non-hydrogen) atoms. The molecule has 2 heteroatoms. The van der Waals surface area contributed by atoms with Gasteiger partial charge in [-0.05, 0) is 36.5 Å². The lowest BCUT2D eigenvalue weighted by atomic mass is 9.79. The van der Waals surface area contributed by atoms with Gasteiger partial charge in [0.1, 0.15) is 5.75 Å². The van der Waals surface area contributed by atoms with Crippen LogP contribution in [0, 0.1) is 5.92 Å². The molecule has 1 aromatic rings. The predicted octanol–water partition coefficient (Wildman–Crippen LogP) is 3.17. The molecular weight excluding hydrogens is 200 g/mol. The highest BCUT2D eigenvalue weighted by Crippen LogP contribution is 2.47. The summed E-state index contributed by atoms with van der Waals surface area (Å²) in [6.45, 7) is 0.